The Labute approximate surface area is 144 Å². The van der Waals surface area contributed by atoms with E-state index in [0.29, 0.717) is 16.8 Å². The van der Waals surface area contributed by atoms with Gasteiger partial charge in [-0.05, 0) is 36.8 Å². The first-order chi connectivity index (χ1) is 10.1. The monoisotopic (exact) mass is 407 g/mol. The minimum absolute atomic E-state index is 0. The number of fused-ring (bicyclic) bond motifs is 1. The van der Waals surface area contributed by atoms with Gasteiger partial charge in [-0.2, -0.15) is 0 Å². The molecule has 2 aromatic carbocycles. The molecule has 4 nitrogen and oxygen atoms in total. The van der Waals surface area contributed by atoms with E-state index in [9.17, 15) is 9.59 Å². The minimum atomic E-state index is -0.397. The lowest BCUT2D eigenvalue weighted by Gasteiger charge is -2.07. The largest absolute Gasteiger partial charge is 0.423 e. The van der Waals surface area contributed by atoms with E-state index in [1.165, 1.54) is 6.07 Å². The second kappa shape index (κ2) is 6.74. The molecule has 1 aromatic heterocycles. The summed E-state index contributed by atoms with van der Waals surface area (Å²) in [6.45, 7) is 1.85. The number of hydrogen-bond acceptors (Lipinski definition) is 3. The molecule has 0 unspecified atom stereocenters. The summed E-state index contributed by atoms with van der Waals surface area (Å²) < 4.78 is 5.16. The quantitative estimate of drug-likeness (QED) is 0.517. The molecule has 0 atom stereocenters. The molecule has 0 saturated carbocycles. The lowest BCUT2D eigenvalue weighted by atomic mass is 10.1. The Morgan fingerprint density at radius 3 is 2.50 bits per heavy atom. The van der Waals surface area contributed by atoms with E-state index >= 15 is 0 Å². The maximum Gasteiger partial charge on any atom is 0.336 e. The van der Waals surface area contributed by atoms with Crippen molar-refractivity contribution in [2.75, 3.05) is 5.32 Å². The molecule has 0 aliphatic rings. The second-order valence-electron chi connectivity index (χ2n) is 4.78. The lowest BCUT2D eigenvalue weighted by molar-refractivity contribution is 0.102. The summed E-state index contributed by atoms with van der Waals surface area (Å²) in [5, 5.41) is 3.64. The Bertz CT molecular complexity index is 872. The van der Waals surface area contributed by atoms with E-state index in [-0.39, 0.29) is 29.9 Å². The highest BCUT2D eigenvalue weighted by molar-refractivity contribution is 14.0. The molecule has 1 amide bonds. The topological polar surface area (TPSA) is 59.3 Å². The van der Waals surface area contributed by atoms with Crippen LogP contribution in [-0.4, -0.2) is 5.91 Å². The smallest absolute Gasteiger partial charge is 0.336 e. The highest BCUT2D eigenvalue weighted by Gasteiger charge is 2.07. The zero-order chi connectivity index (χ0) is 14.8. The minimum Gasteiger partial charge on any atom is -0.423 e. The molecular weight excluding hydrogens is 393 g/mol. The van der Waals surface area contributed by atoms with Crippen molar-refractivity contribution < 1.29 is 9.21 Å². The Kier molecular flexibility index (Phi) is 4.97. The van der Waals surface area contributed by atoms with E-state index in [4.69, 9.17) is 4.42 Å². The molecule has 0 fully saturated rings. The number of carbonyl (C=O) groups is 1. The van der Waals surface area contributed by atoms with Crippen molar-refractivity contribution >= 4 is 46.5 Å². The van der Waals surface area contributed by atoms with Crippen LogP contribution in [0.5, 0.6) is 0 Å². The molecule has 22 heavy (non-hydrogen) atoms. The van der Waals surface area contributed by atoms with Crippen molar-refractivity contribution in [1.29, 1.82) is 0 Å². The Morgan fingerprint density at radius 2 is 1.77 bits per heavy atom. The number of benzene rings is 2. The van der Waals surface area contributed by atoms with Crippen LogP contribution in [0.15, 0.2) is 63.8 Å². The van der Waals surface area contributed by atoms with Crippen LogP contribution in [0.3, 0.4) is 0 Å². The zero-order valence-corrected chi connectivity index (χ0v) is 14.2. The maximum absolute atomic E-state index is 12.1. The number of carbonyl (C=O) groups excluding carboxylic acids is 1. The van der Waals surface area contributed by atoms with Crippen LogP contribution in [0.4, 0.5) is 5.69 Å². The molecule has 1 heterocycles. The van der Waals surface area contributed by atoms with Gasteiger partial charge < -0.3 is 9.73 Å². The molecule has 3 rings (SSSR count). The summed E-state index contributed by atoms with van der Waals surface area (Å²) in [4.78, 5) is 23.5. The molecule has 0 aliphatic carbocycles. The molecule has 112 valence electrons. The van der Waals surface area contributed by atoms with Gasteiger partial charge in [-0.1, -0.05) is 18.2 Å². The standard InChI is InChI=1S/C17H13NO3.HI/c1-11-9-16(19)21-15-10-13(7-8-14(11)15)18-17(20)12-5-3-2-4-6-12;/h2-10H,1H3,(H,18,20);1H. The summed E-state index contributed by atoms with van der Waals surface area (Å²) in [5.74, 6) is -0.204. The van der Waals surface area contributed by atoms with Gasteiger partial charge in [-0.3, -0.25) is 4.79 Å². The van der Waals surface area contributed by atoms with Crippen molar-refractivity contribution in [3.05, 3.63) is 76.1 Å². The zero-order valence-electron chi connectivity index (χ0n) is 11.8. The van der Waals surface area contributed by atoms with Gasteiger partial charge >= 0.3 is 5.63 Å². The molecule has 3 aromatic rings. The first-order valence-electron chi connectivity index (χ1n) is 6.54. The van der Waals surface area contributed by atoms with E-state index in [2.05, 4.69) is 5.32 Å². The van der Waals surface area contributed by atoms with Crippen molar-refractivity contribution in [2.24, 2.45) is 0 Å². The molecule has 5 heteroatoms. The predicted molar refractivity (Wildman–Crippen MR) is 97.0 cm³/mol. The van der Waals surface area contributed by atoms with Crippen LogP contribution in [0.25, 0.3) is 11.0 Å². The third kappa shape index (κ3) is 3.36. The van der Waals surface area contributed by atoms with Crippen molar-refractivity contribution in [3.63, 3.8) is 0 Å². The van der Waals surface area contributed by atoms with E-state index in [1.807, 2.05) is 19.1 Å². The number of amides is 1. The Balaban J connectivity index is 0.00000176. The number of hydrogen-bond donors (Lipinski definition) is 1. The van der Waals surface area contributed by atoms with E-state index in [1.54, 1.807) is 36.4 Å². The van der Waals surface area contributed by atoms with Crippen LogP contribution >= 0.6 is 24.0 Å². The lowest BCUT2D eigenvalue weighted by Crippen LogP contribution is -2.11. The van der Waals surface area contributed by atoms with Crippen molar-refractivity contribution in [3.8, 4) is 0 Å². The molecule has 0 spiro atoms. The predicted octanol–water partition coefficient (Wildman–Crippen LogP) is 3.97. The number of aryl methyl sites for hydroxylation is 1. The third-order valence-electron chi connectivity index (χ3n) is 3.25. The average Bonchev–Trinajstić information content (AvgIpc) is 2.47. The maximum atomic E-state index is 12.1. The van der Waals surface area contributed by atoms with Crippen LogP contribution in [0.1, 0.15) is 15.9 Å². The fourth-order valence-electron chi connectivity index (χ4n) is 2.20. The Hall–Kier alpha value is -2.15. The molecule has 0 radical (unpaired) electrons. The summed E-state index contributed by atoms with van der Waals surface area (Å²) in [5.41, 5.74) is 2.08. The first kappa shape index (κ1) is 16.2. The van der Waals surface area contributed by atoms with Gasteiger partial charge in [0.2, 0.25) is 0 Å². The van der Waals surface area contributed by atoms with Gasteiger partial charge in [0.25, 0.3) is 5.91 Å². The highest BCUT2D eigenvalue weighted by Crippen LogP contribution is 2.21. The molecule has 1 N–H and O–H groups in total. The van der Waals surface area contributed by atoms with Gasteiger partial charge in [0.1, 0.15) is 5.58 Å². The number of rotatable bonds is 2. The van der Waals surface area contributed by atoms with Gasteiger partial charge in [0.15, 0.2) is 0 Å². The van der Waals surface area contributed by atoms with Crippen LogP contribution in [-0.2, 0) is 0 Å². The second-order valence-corrected chi connectivity index (χ2v) is 4.78. The summed E-state index contributed by atoms with van der Waals surface area (Å²) in [6, 6.07) is 15.7. The summed E-state index contributed by atoms with van der Waals surface area (Å²) >= 11 is 0. The average molecular weight is 407 g/mol. The Morgan fingerprint density at radius 1 is 1.05 bits per heavy atom. The van der Waals surface area contributed by atoms with Gasteiger partial charge in [0.05, 0.1) is 0 Å². The van der Waals surface area contributed by atoms with Crippen LogP contribution < -0.4 is 10.9 Å². The summed E-state index contributed by atoms with van der Waals surface area (Å²) in [6.07, 6.45) is 0. The SMILES string of the molecule is Cc1cc(=O)oc2cc(NC(=O)c3ccccc3)ccc12.I. The normalized spacial score (nSPS) is 10.0. The van der Waals surface area contributed by atoms with Gasteiger partial charge in [-0.15, -0.1) is 24.0 Å². The third-order valence-corrected chi connectivity index (χ3v) is 3.25. The van der Waals surface area contributed by atoms with Gasteiger partial charge in [0, 0.05) is 28.8 Å². The number of anilines is 1. The summed E-state index contributed by atoms with van der Waals surface area (Å²) in [7, 11) is 0. The molecule has 0 saturated heterocycles. The van der Waals surface area contributed by atoms with Crippen molar-refractivity contribution in [1.82, 2.24) is 0 Å². The van der Waals surface area contributed by atoms with E-state index in [0.717, 1.165) is 10.9 Å². The number of halogens is 1. The van der Waals surface area contributed by atoms with Crippen molar-refractivity contribution in [2.45, 2.75) is 6.92 Å². The fraction of sp³-hybridized carbons (Fsp3) is 0.0588. The molecular formula is C17H14INO3. The van der Waals surface area contributed by atoms with Gasteiger partial charge in [-0.25, -0.2) is 4.79 Å². The fourth-order valence-corrected chi connectivity index (χ4v) is 2.20. The van der Waals surface area contributed by atoms with Crippen LogP contribution in [0.2, 0.25) is 0 Å². The van der Waals surface area contributed by atoms with E-state index < -0.39 is 5.63 Å². The molecule has 0 aliphatic heterocycles. The highest BCUT2D eigenvalue weighted by atomic mass is 127. The molecule has 0 bridgehead atoms. The van der Waals surface area contributed by atoms with Crippen LogP contribution in [0, 0.1) is 6.92 Å². The number of nitrogens with one attached hydrogen (secondary N) is 1. The first-order valence-corrected chi connectivity index (χ1v) is 6.54.